The number of rotatable bonds is 4. The molecule has 0 spiro atoms. The lowest BCUT2D eigenvalue weighted by Crippen LogP contribution is -2.44. The van der Waals surface area contributed by atoms with E-state index < -0.39 is 40.4 Å². The molecule has 0 fully saturated rings. The fourth-order valence-electron chi connectivity index (χ4n) is 2.27. The van der Waals surface area contributed by atoms with Crippen LogP contribution in [0.1, 0.15) is 27.1 Å². The van der Waals surface area contributed by atoms with Crippen LogP contribution in [0.25, 0.3) is 12.2 Å². The summed E-state index contributed by atoms with van der Waals surface area (Å²) in [6.07, 6.45) is 1.84. The largest absolute Gasteiger partial charge is 0.480 e. The monoisotopic (exact) mass is 306 g/mol. The number of aromatic carboxylic acids is 2. The van der Waals surface area contributed by atoms with E-state index in [4.69, 9.17) is 20.4 Å². The quantitative estimate of drug-likeness (QED) is 0.528. The maximum atomic E-state index is 11.3. The molecule has 1 aliphatic carbocycles. The van der Waals surface area contributed by atoms with Gasteiger partial charge in [-0.2, -0.15) is 0 Å². The minimum Gasteiger partial charge on any atom is -0.480 e. The first-order valence-corrected chi connectivity index (χ1v) is 5.99. The molecule has 0 radical (unpaired) electrons. The third-order valence-electron chi connectivity index (χ3n) is 3.49. The molecule has 0 unspecified atom stereocenters. The van der Waals surface area contributed by atoms with Gasteiger partial charge in [-0.25, -0.2) is 9.59 Å². The van der Waals surface area contributed by atoms with Crippen LogP contribution in [-0.2, 0) is 9.59 Å². The molecule has 0 aliphatic heterocycles. The molecule has 0 atom stereocenters. The van der Waals surface area contributed by atoms with Gasteiger partial charge in [-0.15, -0.1) is 0 Å². The first-order valence-electron chi connectivity index (χ1n) is 5.99. The van der Waals surface area contributed by atoms with Crippen molar-refractivity contribution >= 4 is 36.0 Å². The topological polar surface area (TPSA) is 149 Å². The highest BCUT2D eigenvalue weighted by molar-refractivity contribution is 6.06. The van der Waals surface area contributed by atoms with E-state index in [1.54, 1.807) is 0 Å². The molecule has 1 aromatic rings. The number of carboxylic acid groups (broad SMARTS) is 4. The fourth-order valence-corrected chi connectivity index (χ4v) is 2.27. The third-order valence-corrected chi connectivity index (χ3v) is 3.49. The van der Waals surface area contributed by atoms with Gasteiger partial charge < -0.3 is 20.4 Å². The van der Waals surface area contributed by atoms with Crippen LogP contribution in [0.15, 0.2) is 12.1 Å². The van der Waals surface area contributed by atoms with Crippen LogP contribution < -0.4 is 10.4 Å². The molecule has 8 nitrogen and oxygen atoms in total. The minimum atomic E-state index is -2.20. The summed E-state index contributed by atoms with van der Waals surface area (Å²) in [6, 6.07) is 2.06. The summed E-state index contributed by atoms with van der Waals surface area (Å²) in [4.78, 5) is 44.8. The van der Waals surface area contributed by atoms with Gasteiger partial charge in [0.25, 0.3) is 0 Å². The normalized spacial score (nSPS) is 14.9. The zero-order valence-corrected chi connectivity index (χ0v) is 10.9. The van der Waals surface area contributed by atoms with E-state index in [2.05, 4.69) is 0 Å². The Morgan fingerprint density at radius 1 is 0.818 bits per heavy atom. The summed E-state index contributed by atoms with van der Waals surface area (Å²) in [5.74, 6) is -6.11. The second-order valence-electron chi connectivity index (χ2n) is 4.77. The second-order valence-corrected chi connectivity index (χ2v) is 4.77. The predicted octanol–water partition coefficient (Wildman–Crippen LogP) is -0.797. The maximum absolute atomic E-state index is 11.3. The molecule has 4 N–H and O–H groups in total. The summed E-state index contributed by atoms with van der Waals surface area (Å²) < 4.78 is 0. The van der Waals surface area contributed by atoms with E-state index >= 15 is 0 Å². The molecule has 0 saturated carbocycles. The Hall–Kier alpha value is -3.16. The number of aliphatic carboxylic acids is 2. The van der Waals surface area contributed by atoms with Crippen LogP contribution >= 0.6 is 0 Å². The average molecular weight is 306 g/mol. The number of hydrogen-bond acceptors (Lipinski definition) is 4. The van der Waals surface area contributed by atoms with E-state index in [-0.39, 0.29) is 16.9 Å². The number of carboxylic acids is 4. The molecule has 1 aliphatic rings. The third kappa shape index (κ3) is 2.20. The molecular formula is C14H10O8. The molecule has 2 rings (SSSR count). The van der Waals surface area contributed by atoms with Crippen molar-refractivity contribution in [2.24, 2.45) is 5.41 Å². The Bertz CT molecular complexity index is 819. The van der Waals surface area contributed by atoms with Gasteiger partial charge >= 0.3 is 23.9 Å². The smallest absolute Gasteiger partial charge is 0.336 e. The molecule has 0 amide bonds. The highest BCUT2D eigenvalue weighted by Crippen LogP contribution is 2.27. The maximum Gasteiger partial charge on any atom is 0.336 e. The van der Waals surface area contributed by atoms with Crippen molar-refractivity contribution in [1.29, 1.82) is 0 Å². The van der Waals surface area contributed by atoms with Crippen molar-refractivity contribution in [1.82, 2.24) is 0 Å². The summed E-state index contributed by atoms with van der Waals surface area (Å²) >= 11 is 0. The van der Waals surface area contributed by atoms with Crippen LogP contribution in [0.2, 0.25) is 0 Å². The Labute approximate surface area is 122 Å². The van der Waals surface area contributed by atoms with Gasteiger partial charge in [-0.1, -0.05) is 6.08 Å². The summed E-state index contributed by atoms with van der Waals surface area (Å²) in [5.41, 5.74) is -3.19. The van der Waals surface area contributed by atoms with Crippen LogP contribution in [-0.4, -0.2) is 44.3 Å². The second kappa shape index (κ2) is 4.99. The highest BCUT2D eigenvalue weighted by atomic mass is 16.4. The summed E-state index contributed by atoms with van der Waals surface area (Å²) in [6.45, 7) is 0. The molecule has 0 saturated heterocycles. The summed E-state index contributed by atoms with van der Waals surface area (Å²) in [5, 5.41) is 36.7. The molecule has 0 aromatic heterocycles. The average Bonchev–Trinajstić information content (AvgIpc) is 2.44. The number of carbonyl (C=O) groups is 4. The summed E-state index contributed by atoms with van der Waals surface area (Å²) in [7, 11) is 0. The van der Waals surface area contributed by atoms with E-state index in [1.807, 2.05) is 0 Å². The molecule has 8 heteroatoms. The standard InChI is InChI=1S/C14H10O8/c15-10(16)8-3-6-1-2-14(12(19)20,13(21)22)5-7(6)4-9(8)11(17)18/h1,3-5H,2H2,(H,15,16)(H,17,18)(H,19,20)(H,21,22). The van der Waals surface area contributed by atoms with E-state index in [1.165, 1.54) is 6.08 Å². The zero-order chi connectivity index (χ0) is 16.7. The van der Waals surface area contributed by atoms with Gasteiger partial charge in [-0.05, 0) is 35.1 Å². The Morgan fingerprint density at radius 3 is 1.68 bits per heavy atom. The number of fused-ring (bicyclic) bond motifs is 1. The van der Waals surface area contributed by atoms with Crippen molar-refractivity contribution in [3.8, 4) is 0 Å². The van der Waals surface area contributed by atoms with Crippen molar-refractivity contribution in [2.45, 2.75) is 6.42 Å². The SMILES string of the molecule is O=C(O)c1cc2c(cc1C(=O)O)=CC(C(=O)O)(C(=O)O)CC=2. The van der Waals surface area contributed by atoms with Gasteiger partial charge in [0.1, 0.15) is 0 Å². The highest BCUT2D eigenvalue weighted by Gasteiger charge is 2.44. The van der Waals surface area contributed by atoms with Gasteiger partial charge in [0.05, 0.1) is 11.1 Å². The Kier molecular flexibility index (Phi) is 3.46. The van der Waals surface area contributed by atoms with Crippen LogP contribution in [0.3, 0.4) is 0 Å². The van der Waals surface area contributed by atoms with Crippen LogP contribution in [0.4, 0.5) is 0 Å². The van der Waals surface area contributed by atoms with Crippen LogP contribution in [0, 0.1) is 5.41 Å². The Balaban J connectivity index is 2.83. The zero-order valence-electron chi connectivity index (χ0n) is 10.9. The molecule has 0 heterocycles. The molecule has 22 heavy (non-hydrogen) atoms. The van der Waals surface area contributed by atoms with Gasteiger partial charge in [0, 0.05) is 0 Å². The van der Waals surface area contributed by atoms with Crippen molar-refractivity contribution in [3.63, 3.8) is 0 Å². The lowest BCUT2D eigenvalue weighted by molar-refractivity contribution is -0.159. The van der Waals surface area contributed by atoms with E-state index in [0.29, 0.717) is 0 Å². The molecule has 0 bridgehead atoms. The fraction of sp³-hybridized carbons (Fsp3) is 0.143. The van der Waals surface area contributed by atoms with Crippen molar-refractivity contribution in [2.75, 3.05) is 0 Å². The van der Waals surface area contributed by atoms with Gasteiger partial charge in [0.2, 0.25) is 0 Å². The Morgan fingerprint density at radius 2 is 1.27 bits per heavy atom. The molecule has 114 valence electrons. The van der Waals surface area contributed by atoms with Gasteiger partial charge in [-0.3, -0.25) is 9.59 Å². The number of hydrogen-bond donors (Lipinski definition) is 4. The molecular weight excluding hydrogens is 296 g/mol. The van der Waals surface area contributed by atoms with Crippen molar-refractivity contribution in [3.05, 3.63) is 33.7 Å². The lowest BCUT2D eigenvalue weighted by Gasteiger charge is -2.22. The van der Waals surface area contributed by atoms with Crippen LogP contribution in [0.5, 0.6) is 0 Å². The van der Waals surface area contributed by atoms with Gasteiger partial charge in [0.15, 0.2) is 5.41 Å². The number of benzene rings is 1. The van der Waals surface area contributed by atoms with E-state index in [9.17, 15) is 19.2 Å². The predicted molar refractivity (Wildman–Crippen MR) is 70.9 cm³/mol. The first-order chi connectivity index (χ1) is 10.2. The molecule has 1 aromatic carbocycles. The lowest BCUT2D eigenvalue weighted by atomic mass is 9.80. The van der Waals surface area contributed by atoms with Crippen molar-refractivity contribution < 1.29 is 39.6 Å². The minimum absolute atomic E-state index is 0.0541. The first kappa shape index (κ1) is 15.2. The van der Waals surface area contributed by atoms with E-state index in [0.717, 1.165) is 18.2 Å².